The lowest BCUT2D eigenvalue weighted by Crippen LogP contribution is -2.17. The van der Waals surface area contributed by atoms with Crippen LogP contribution in [-0.4, -0.2) is 26.3 Å². The maximum absolute atomic E-state index is 12.2. The van der Waals surface area contributed by atoms with Gasteiger partial charge in [-0.2, -0.15) is 0 Å². The number of ether oxygens (including phenoxy) is 4. The van der Waals surface area contributed by atoms with Gasteiger partial charge in [0.05, 0.1) is 17.7 Å². The molecule has 6 heteroatoms. The fourth-order valence-corrected chi connectivity index (χ4v) is 2.30. The molecule has 0 radical (unpaired) electrons. The minimum Gasteiger partial charge on any atom is -0.497 e. The summed E-state index contributed by atoms with van der Waals surface area (Å²) in [6, 6.07) is 9.78. The summed E-state index contributed by atoms with van der Waals surface area (Å²) in [6.45, 7) is 0.850. The van der Waals surface area contributed by atoms with Crippen molar-refractivity contribution < 1.29 is 23.7 Å². The van der Waals surface area contributed by atoms with Crippen molar-refractivity contribution in [3.8, 4) is 23.0 Å². The van der Waals surface area contributed by atoms with Crippen molar-refractivity contribution in [3.05, 3.63) is 47.0 Å². The summed E-state index contributed by atoms with van der Waals surface area (Å²) >= 11 is 6.10. The van der Waals surface area contributed by atoms with Crippen LogP contribution in [0, 0.1) is 0 Å². The fourth-order valence-electron chi connectivity index (χ4n) is 2.04. The Labute approximate surface area is 132 Å². The summed E-state index contributed by atoms with van der Waals surface area (Å²) in [4.78, 5) is 12.2. The molecule has 114 valence electrons. The molecule has 0 bridgehead atoms. The van der Waals surface area contributed by atoms with Crippen LogP contribution in [0.2, 0.25) is 5.02 Å². The van der Waals surface area contributed by atoms with Gasteiger partial charge in [-0.1, -0.05) is 11.6 Å². The molecule has 1 aliphatic rings. The highest BCUT2D eigenvalue weighted by atomic mass is 35.5. The van der Waals surface area contributed by atoms with Crippen LogP contribution in [0.3, 0.4) is 0 Å². The molecule has 0 saturated heterocycles. The van der Waals surface area contributed by atoms with Gasteiger partial charge in [-0.15, -0.1) is 0 Å². The third-order valence-electron chi connectivity index (χ3n) is 3.10. The minimum absolute atomic E-state index is 0.296. The van der Waals surface area contributed by atoms with Crippen molar-refractivity contribution >= 4 is 17.6 Å². The first-order valence-corrected chi connectivity index (χ1v) is 7.00. The molecule has 0 N–H and O–H groups in total. The van der Waals surface area contributed by atoms with E-state index in [0.717, 1.165) is 0 Å². The first-order valence-electron chi connectivity index (χ1n) is 6.63. The number of carbonyl (C=O) groups excluding carboxylic acids is 1. The number of fused-ring (bicyclic) bond motifs is 1. The van der Waals surface area contributed by atoms with Gasteiger partial charge in [0.1, 0.15) is 24.7 Å². The van der Waals surface area contributed by atoms with Crippen LogP contribution in [-0.2, 0) is 0 Å². The van der Waals surface area contributed by atoms with Crippen LogP contribution in [0.15, 0.2) is 36.4 Å². The quantitative estimate of drug-likeness (QED) is 0.641. The summed E-state index contributed by atoms with van der Waals surface area (Å²) in [7, 11) is 1.57. The second kappa shape index (κ2) is 6.15. The van der Waals surface area contributed by atoms with Crippen molar-refractivity contribution in [2.45, 2.75) is 0 Å². The number of halogens is 1. The van der Waals surface area contributed by atoms with Crippen LogP contribution in [0.4, 0.5) is 0 Å². The molecule has 2 aromatic carbocycles. The van der Waals surface area contributed by atoms with E-state index in [4.69, 9.17) is 30.5 Å². The Morgan fingerprint density at radius 1 is 1.09 bits per heavy atom. The van der Waals surface area contributed by atoms with E-state index in [-0.39, 0.29) is 0 Å². The number of esters is 1. The zero-order valence-corrected chi connectivity index (χ0v) is 12.6. The first-order chi connectivity index (χ1) is 10.7. The molecule has 0 unspecified atom stereocenters. The summed E-state index contributed by atoms with van der Waals surface area (Å²) in [5, 5.41) is 0.318. The number of carbonyl (C=O) groups is 1. The van der Waals surface area contributed by atoms with E-state index in [9.17, 15) is 4.79 Å². The Morgan fingerprint density at radius 2 is 1.77 bits per heavy atom. The number of rotatable bonds is 3. The van der Waals surface area contributed by atoms with E-state index >= 15 is 0 Å². The third kappa shape index (κ3) is 2.94. The van der Waals surface area contributed by atoms with Gasteiger partial charge < -0.3 is 18.9 Å². The summed E-state index contributed by atoms with van der Waals surface area (Å²) in [5.41, 5.74) is 0.296. The molecule has 0 atom stereocenters. The highest BCUT2D eigenvalue weighted by Crippen LogP contribution is 2.38. The number of methoxy groups -OCH3 is 1. The van der Waals surface area contributed by atoms with Crippen LogP contribution >= 0.6 is 11.6 Å². The van der Waals surface area contributed by atoms with Crippen molar-refractivity contribution in [1.82, 2.24) is 0 Å². The van der Waals surface area contributed by atoms with Gasteiger partial charge in [-0.05, 0) is 36.4 Å². The van der Waals surface area contributed by atoms with Gasteiger partial charge in [0.25, 0.3) is 0 Å². The highest BCUT2D eigenvalue weighted by Gasteiger charge is 2.20. The largest absolute Gasteiger partial charge is 0.497 e. The van der Waals surface area contributed by atoms with Gasteiger partial charge in [0.2, 0.25) is 0 Å². The van der Waals surface area contributed by atoms with Crippen LogP contribution in [0.1, 0.15) is 10.4 Å². The zero-order chi connectivity index (χ0) is 15.5. The first kappa shape index (κ1) is 14.5. The van der Waals surface area contributed by atoms with E-state index in [0.29, 0.717) is 46.8 Å². The summed E-state index contributed by atoms with van der Waals surface area (Å²) in [5.74, 6) is 1.47. The lowest BCUT2D eigenvalue weighted by Gasteiger charge is -2.19. The fraction of sp³-hybridized carbons (Fsp3) is 0.188. The highest BCUT2D eigenvalue weighted by molar-refractivity contribution is 6.32. The molecule has 1 heterocycles. The molecule has 3 rings (SSSR count). The Hall–Kier alpha value is -2.40. The van der Waals surface area contributed by atoms with Gasteiger partial charge in [-0.3, -0.25) is 0 Å². The van der Waals surface area contributed by atoms with Crippen molar-refractivity contribution in [2.24, 2.45) is 0 Å². The molecule has 0 aliphatic carbocycles. The Bertz CT molecular complexity index is 696. The monoisotopic (exact) mass is 320 g/mol. The lowest BCUT2D eigenvalue weighted by atomic mass is 10.2. The third-order valence-corrected chi connectivity index (χ3v) is 3.38. The molecule has 1 aliphatic heterocycles. The molecule has 0 saturated carbocycles. The predicted octanol–water partition coefficient (Wildman–Crippen LogP) is 3.34. The maximum Gasteiger partial charge on any atom is 0.343 e. The summed E-state index contributed by atoms with van der Waals surface area (Å²) < 4.78 is 21.2. The van der Waals surface area contributed by atoms with Crippen LogP contribution in [0.5, 0.6) is 23.0 Å². The topological polar surface area (TPSA) is 54.0 Å². The second-order valence-electron chi connectivity index (χ2n) is 4.55. The number of benzene rings is 2. The normalized spacial score (nSPS) is 12.6. The SMILES string of the molecule is COc1ccc(OC(=O)c2cc(Cl)c3c(c2)OCCO3)cc1. The molecule has 0 fully saturated rings. The van der Waals surface area contributed by atoms with E-state index in [1.165, 1.54) is 6.07 Å². The van der Waals surface area contributed by atoms with E-state index in [1.807, 2.05) is 0 Å². The van der Waals surface area contributed by atoms with Crippen molar-refractivity contribution in [1.29, 1.82) is 0 Å². The Morgan fingerprint density at radius 3 is 2.50 bits per heavy atom. The van der Waals surface area contributed by atoms with Gasteiger partial charge >= 0.3 is 5.97 Å². The molecule has 2 aromatic rings. The lowest BCUT2D eigenvalue weighted by molar-refractivity contribution is 0.0733. The molecular weight excluding hydrogens is 308 g/mol. The summed E-state index contributed by atoms with van der Waals surface area (Å²) in [6.07, 6.45) is 0. The van der Waals surface area contributed by atoms with Crippen LogP contribution in [0.25, 0.3) is 0 Å². The smallest absolute Gasteiger partial charge is 0.343 e. The maximum atomic E-state index is 12.2. The average molecular weight is 321 g/mol. The van der Waals surface area contributed by atoms with Crippen molar-refractivity contribution in [2.75, 3.05) is 20.3 Å². The van der Waals surface area contributed by atoms with E-state index < -0.39 is 5.97 Å². The molecular formula is C16H13ClO5. The standard InChI is InChI=1S/C16H13ClO5/c1-19-11-2-4-12(5-3-11)22-16(18)10-8-13(17)15-14(9-10)20-6-7-21-15/h2-5,8-9H,6-7H2,1H3. The van der Waals surface area contributed by atoms with Gasteiger partial charge in [0, 0.05) is 0 Å². The van der Waals surface area contributed by atoms with Crippen molar-refractivity contribution in [3.63, 3.8) is 0 Å². The molecule has 5 nitrogen and oxygen atoms in total. The minimum atomic E-state index is -0.524. The van der Waals surface area contributed by atoms with Crippen LogP contribution < -0.4 is 18.9 Å². The molecule has 0 spiro atoms. The second-order valence-corrected chi connectivity index (χ2v) is 4.95. The van der Waals surface area contributed by atoms with E-state index in [1.54, 1.807) is 37.4 Å². The average Bonchev–Trinajstić information content (AvgIpc) is 2.55. The van der Waals surface area contributed by atoms with Gasteiger partial charge in [-0.25, -0.2) is 4.79 Å². The Balaban J connectivity index is 1.81. The van der Waals surface area contributed by atoms with Gasteiger partial charge in [0.15, 0.2) is 11.5 Å². The number of hydrogen-bond donors (Lipinski definition) is 0. The molecule has 22 heavy (non-hydrogen) atoms. The predicted molar refractivity (Wildman–Crippen MR) is 80.4 cm³/mol. The Kier molecular flexibility index (Phi) is 4.06. The molecule has 0 amide bonds. The number of hydrogen-bond acceptors (Lipinski definition) is 5. The van der Waals surface area contributed by atoms with E-state index in [2.05, 4.69) is 0 Å². The zero-order valence-electron chi connectivity index (χ0n) is 11.8. The molecule has 0 aromatic heterocycles.